The van der Waals surface area contributed by atoms with Crippen LogP contribution >= 0.6 is 0 Å². The number of aliphatic hydroxyl groups excluding tert-OH is 2. The van der Waals surface area contributed by atoms with Crippen LogP contribution in [0.4, 0.5) is 0 Å². The molecule has 1 rings (SSSR count). The van der Waals surface area contributed by atoms with E-state index in [1.54, 1.807) is 0 Å². The Kier molecular flexibility index (Phi) is 3.44. The Balaban J connectivity index is 2.60. The van der Waals surface area contributed by atoms with E-state index in [0.717, 1.165) is 0 Å². The zero-order valence-electron chi connectivity index (χ0n) is 7.94. The van der Waals surface area contributed by atoms with Gasteiger partial charge in [-0.1, -0.05) is 0 Å². The SMILES string of the molecule is N#CC1(C(=O)N(CCO)CCO)CC1. The number of rotatable bonds is 5. The van der Waals surface area contributed by atoms with Gasteiger partial charge in [-0.25, -0.2) is 0 Å². The Morgan fingerprint density at radius 3 is 2.14 bits per heavy atom. The lowest BCUT2D eigenvalue weighted by molar-refractivity contribution is -0.136. The van der Waals surface area contributed by atoms with Crippen LogP contribution in [0.2, 0.25) is 0 Å². The van der Waals surface area contributed by atoms with Crippen LogP contribution in [0.25, 0.3) is 0 Å². The maximum absolute atomic E-state index is 11.7. The largest absolute Gasteiger partial charge is 0.395 e. The minimum atomic E-state index is -0.857. The van der Waals surface area contributed by atoms with Crippen molar-refractivity contribution in [2.24, 2.45) is 5.41 Å². The molecule has 0 spiro atoms. The van der Waals surface area contributed by atoms with Crippen LogP contribution in [0.1, 0.15) is 12.8 Å². The molecule has 0 radical (unpaired) electrons. The summed E-state index contributed by atoms with van der Waals surface area (Å²) in [6.45, 7) is 0.0755. The first-order valence-corrected chi connectivity index (χ1v) is 4.62. The Morgan fingerprint density at radius 1 is 1.36 bits per heavy atom. The van der Waals surface area contributed by atoms with E-state index >= 15 is 0 Å². The summed E-state index contributed by atoms with van der Waals surface area (Å²) in [6.07, 6.45) is 1.19. The van der Waals surface area contributed by atoms with Crippen molar-refractivity contribution in [3.05, 3.63) is 0 Å². The summed E-state index contributed by atoms with van der Waals surface area (Å²) in [5.41, 5.74) is -0.857. The average Bonchev–Trinajstić information content (AvgIpc) is 2.97. The summed E-state index contributed by atoms with van der Waals surface area (Å²) in [4.78, 5) is 13.1. The van der Waals surface area contributed by atoms with Crippen molar-refractivity contribution in [2.45, 2.75) is 12.8 Å². The van der Waals surface area contributed by atoms with E-state index in [1.165, 1.54) is 4.90 Å². The van der Waals surface area contributed by atoms with Gasteiger partial charge in [0.2, 0.25) is 5.91 Å². The van der Waals surface area contributed by atoms with Crippen molar-refractivity contribution in [3.8, 4) is 6.07 Å². The number of nitrogens with zero attached hydrogens (tertiary/aromatic N) is 2. The number of carbonyl (C=O) groups excluding carboxylic acids is 1. The fourth-order valence-electron chi connectivity index (χ4n) is 1.36. The van der Waals surface area contributed by atoms with Gasteiger partial charge >= 0.3 is 0 Å². The summed E-state index contributed by atoms with van der Waals surface area (Å²) in [7, 11) is 0. The summed E-state index contributed by atoms with van der Waals surface area (Å²) < 4.78 is 0. The number of aliphatic hydroxyl groups is 2. The molecule has 0 aromatic heterocycles. The minimum absolute atomic E-state index is 0.146. The van der Waals surface area contributed by atoms with E-state index in [2.05, 4.69) is 0 Å². The second-order valence-electron chi connectivity index (χ2n) is 3.43. The molecule has 5 heteroatoms. The Morgan fingerprint density at radius 2 is 1.86 bits per heavy atom. The molecule has 0 saturated heterocycles. The quantitative estimate of drug-likeness (QED) is 0.599. The lowest BCUT2D eigenvalue weighted by atomic mass is 10.1. The predicted octanol–water partition coefficient (Wildman–Crippen LogP) is -0.897. The Hall–Kier alpha value is -1.12. The highest BCUT2D eigenvalue weighted by atomic mass is 16.3. The van der Waals surface area contributed by atoms with Gasteiger partial charge in [0.05, 0.1) is 19.3 Å². The summed E-state index contributed by atoms with van der Waals surface area (Å²) >= 11 is 0. The lowest BCUT2D eigenvalue weighted by Crippen LogP contribution is -2.40. The third kappa shape index (κ3) is 2.03. The van der Waals surface area contributed by atoms with E-state index in [0.29, 0.717) is 12.8 Å². The first kappa shape index (κ1) is 11.0. The van der Waals surface area contributed by atoms with Gasteiger partial charge in [0.25, 0.3) is 0 Å². The standard InChI is InChI=1S/C9H14N2O3/c10-7-9(1-2-9)8(14)11(3-5-12)4-6-13/h12-13H,1-6H2. The number of hydrogen-bond donors (Lipinski definition) is 2. The molecule has 0 aliphatic heterocycles. The summed E-state index contributed by atoms with van der Waals surface area (Å²) in [5, 5.41) is 26.2. The van der Waals surface area contributed by atoms with Crippen molar-refractivity contribution in [2.75, 3.05) is 26.3 Å². The van der Waals surface area contributed by atoms with E-state index in [1.807, 2.05) is 6.07 Å². The maximum atomic E-state index is 11.7. The third-order valence-corrected chi connectivity index (χ3v) is 2.40. The number of carbonyl (C=O) groups is 1. The van der Waals surface area contributed by atoms with E-state index in [-0.39, 0.29) is 32.2 Å². The molecule has 0 unspecified atom stereocenters. The zero-order valence-corrected chi connectivity index (χ0v) is 7.94. The molecule has 1 aliphatic rings. The van der Waals surface area contributed by atoms with Crippen LogP contribution in [0, 0.1) is 16.7 Å². The molecular formula is C9H14N2O3. The maximum Gasteiger partial charge on any atom is 0.243 e. The summed E-state index contributed by atoms with van der Waals surface area (Å²) in [6, 6.07) is 2.00. The Labute approximate surface area is 82.6 Å². The number of nitriles is 1. The normalized spacial score (nSPS) is 17.2. The smallest absolute Gasteiger partial charge is 0.243 e. The highest BCUT2D eigenvalue weighted by Gasteiger charge is 2.52. The molecule has 1 amide bonds. The van der Waals surface area contributed by atoms with Crippen molar-refractivity contribution in [1.29, 1.82) is 5.26 Å². The molecule has 2 N–H and O–H groups in total. The van der Waals surface area contributed by atoms with Crippen LogP contribution < -0.4 is 0 Å². The molecule has 0 aromatic carbocycles. The minimum Gasteiger partial charge on any atom is -0.395 e. The second-order valence-corrected chi connectivity index (χ2v) is 3.43. The van der Waals surface area contributed by atoms with Crippen molar-refractivity contribution >= 4 is 5.91 Å². The van der Waals surface area contributed by atoms with Crippen LogP contribution in [0.15, 0.2) is 0 Å². The second kappa shape index (κ2) is 4.40. The van der Waals surface area contributed by atoms with Crippen molar-refractivity contribution in [1.82, 2.24) is 4.90 Å². The van der Waals surface area contributed by atoms with Gasteiger partial charge in [0, 0.05) is 13.1 Å². The first-order valence-electron chi connectivity index (χ1n) is 4.62. The molecule has 0 aromatic rings. The monoisotopic (exact) mass is 198 g/mol. The molecule has 78 valence electrons. The highest BCUT2D eigenvalue weighted by molar-refractivity contribution is 5.88. The number of amides is 1. The van der Waals surface area contributed by atoms with Gasteiger partial charge in [0.15, 0.2) is 0 Å². The van der Waals surface area contributed by atoms with E-state index in [4.69, 9.17) is 15.5 Å². The molecule has 1 aliphatic carbocycles. The molecule has 5 nitrogen and oxygen atoms in total. The fourth-order valence-corrected chi connectivity index (χ4v) is 1.36. The molecule has 0 heterocycles. The zero-order chi connectivity index (χ0) is 10.6. The Bertz CT molecular complexity index is 249. The van der Waals surface area contributed by atoms with Gasteiger partial charge in [-0.3, -0.25) is 4.79 Å². The lowest BCUT2D eigenvalue weighted by Gasteiger charge is -2.22. The van der Waals surface area contributed by atoms with E-state index < -0.39 is 5.41 Å². The van der Waals surface area contributed by atoms with Gasteiger partial charge < -0.3 is 15.1 Å². The molecule has 0 bridgehead atoms. The van der Waals surface area contributed by atoms with Crippen molar-refractivity contribution < 1.29 is 15.0 Å². The van der Waals surface area contributed by atoms with Crippen LogP contribution in [0.5, 0.6) is 0 Å². The molecule has 14 heavy (non-hydrogen) atoms. The third-order valence-electron chi connectivity index (χ3n) is 2.40. The van der Waals surface area contributed by atoms with Crippen molar-refractivity contribution in [3.63, 3.8) is 0 Å². The van der Waals surface area contributed by atoms with Crippen LogP contribution in [0.3, 0.4) is 0 Å². The molecule has 1 fully saturated rings. The summed E-state index contributed by atoms with van der Waals surface area (Å²) in [5.74, 6) is -0.261. The van der Waals surface area contributed by atoms with Gasteiger partial charge in [-0.15, -0.1) is 0 Å². The van der Waals surface area contributed by atoms with E-state index in [9.17, 15) is 4.79 Å². The van der Waals surface area contributed by atoms with Crippen LogP contribution in [-0.2, 0) is 4.79 Å². The topological polar surface area (TPSA) is 84.6 Å². The van der Waals surface area contributed by atoms with Gasteiger partial charge in [-0.05, 0) is 12.8 Å². The molecule has 1 saturated carbocycles. The van der Waals surface area contributed by atoms with Gasteiger partial charge in [0.1, 0.15) is 5.41 Å². The number of hydrogen-bond acceptors (Lipinski definition) is 4. The average molecular weight is 198 g/mol. The fraction of sp³-hybridized carbons (Fsp3) is 0.778. The molecular weight excluding hydrogens is 184 g/mol. The molecule has 0 atom stereocenters. The van der Waals surface area contributed by atoms with Crippen LogP contribution in [-0.4, -0.2) is 47.3 Å². The first-order chi connectivity index (χ1) is 6.70. The van der Waals surface area contributed by atoms with Gasteiger partial charge in [-0.2, -0.15) is 5.26 Å². The highest BCUT2D eigenvalue weighted by Crippen LogP contribution is 2.46. The predicted molar refractivity (Wildman–Crippen MR) is 48.0 cm³/mol.